The Bertz CT molecular complexity index is 875. The van der Waals surface area contributed by atoms with Gasteiger partial charge in [-0.05, 0) is 52.1 Å². The lowest BCUT2D eigenvalue weighted by atomic mass is 10.0. The summed E-state index contributed by atoms with van der Waals surface area (Å²) in [6.07, 6.45) is -0.00725. The summed E-state index contributed by atoms with van der Waals surface area (Å²) < 4.78 is 34.4. The van der Waals surface area contributed by atoms with Gasteiger partial charge >= 0.3 is 0 Å². The third-order valence-electron chi connectivity index (χ3n) is 5.19. The Balaban J connectivity index is 2.56. The van der Waals surface area contributed by atoms with Crippen molar-refractivity contribution in [1.82, 2.24) is 9.21 Å². The van der Waals surface area contributed by atoms with E-state index in [2.05, 4.69) is 23.7 Å². The Morgan fingerprint density at radius 2 is 2.07 bits per heavy atom. The number of fused-ring (bicyclic) bond motifs is 1. The minimum Gasteiger partial charge on any atom is -0.487 e. The lowest BCUT2D eigenvalue weighted by Crippen LogP contribution is -2.49. The molecule has 168 valence electrons. The summed E-state index contributed by atoms with van der Waals surface area (Å²) >= 11 is 0. The van der Waals surface area contributed by atoms with Gasteiger partial charge in [-0.25, -0.2) is 8.42 Å². The summed E-state index contributed by atoms with van der Waals surface area (Å²) in [6, 6.07) is 4.18. The maximum Gasteiger partial charge on any atom is 0.247 e. The van der Waals surface area contributed by atoms with Gasteiger partial charge in [-0.3, -0.25) is 0 Å². The molecule has 1 aliphatic rings. The maximum atomic E-state index is 13.4. The van der Waals surface area contributed by atoms with Crippen LogP contribution in [0.4, 0.5) is 0 Å². The molecule has 0 unspecified atom stereocenters. The molecule has 0 spiro atoms. The first-order valence-corrected chi connectivity index (χ1v) is 11.9. The number of sulfonamides is 1. The van der Waals surface area contributed by atoms with E-state index < -0.39 is 22.2 Å². The van der Waals surface area contributed by atoms with Crippen molar-refractivity contribution in [3.8, 4) is 17.6 Å². The Morgan fingerprint density at radius 1 is 1.37 bits per heavy atom. The van der Waals surface area contributed by atoms with Crippen LogP contribution in [-0.2, 0) is 10.0 Å². The van der Waals surface area contributed by atoms with Gasteiger partial charge < -0.3 is 19.8 Å². The van der Waals surface area contributed by atoms with Gasteiger partial charge in [0.05, 0.1) is 6.61 Å². The predicted octanol–water partition coefficient (Wildman–Crippen LogP) is 1.53. The monoisotopic (exact) mass is 438 g/mol. The van der Waals surface area contributed by atoms with Gasteiger partial charge in [0, 0.05) is 30.6 Å². The van der Waals surface area contributed by atoms with E-state index in [9.17, 15) is 18.6 Å². The number of ether oxygens (including phenoxy) is 1. The first kappa shape index (κ1) is 24.6. The van der Waals surface area contributed by atoms with Gasteiger partial charge in [0.25, 0.3) is 0 Å². The van der Waals surface area contributed by atoms with E-state index in [0.717, 1.165) is 13.0 Å². The van der Waals surface area contributed by atoms with E-state index in [1.54, 1.807) is 26.0 Å². The van der Waals surface area contributed by atoms with Crippen molar-refractivity contribution < 1.29 is 23.4 Å². The van der Waals surface area contributed by atoms with Gasteiger partial charge in [0.15, 0.2) is 0 Å². The highest BCUT2D eigenvalue weighted by Gasteiger charge is 2.38. The second-order valence-electron chi connectivity index (χ2n) is 8.11. The molecule has 0 bridgehead atoms. The summed E-state index contributed by atoms with van der Waals surface area (Å²) in [4.78, 5) is 2.24. The van der Waals surface area contributed by atoms with Crippen LogP contribution in [0.25, 0.3) is 0 Å². The summed E-state index contributed by atoms with van der Waals surface area (Å²) in [5.74, 6) is 5.69. The van der Waals surface area contributed by atoms with Crippen LogP contribution in [0.3, 0.4) is 0 Å². The molecule has 0 amide bonds. The first-order valence-electron chi connectivity index (χ1n) is 10.4. The van der Waals surface area contributed by atoms with Crippen LogP contribution in [0.15, 0.2) is 23.1 Å². The van der Waals surface area contributed by atoms with Crippen molar-refractivity contribution in [1.29, 1.82) is 0 Å². The fraction of sp³-hybridized carbons (Fsp3) is 0.636. The molecule has 0 aromatic heterocycles. The van der Waals surface area contributed by atoms with E-state index in [4.69, 9.17) is 4.74 Å². The van der Waals surface area contributed by atoms with Gasteiger partial charge in [0.1, 0.15) is 22.9 Å². The highest BCUT2D eigenvalue weighted by molar-refractivity contribution is 7.89. The largest absolute Gasteiger partial charge is 0.487 e. The molecule has 1 aromatic carbocycles. The van der Waals surface area contributed by atoms with Gasteiger partial charge in [0.2, 0.25) is 10.0 Å². The fourth-order valence-corrected chi connectivity index (χ4v) is 5.31. The predicted molar refractivity (Wildman–Crippen MR) is 117 cm³/mol. The Hall–Kier alpha value is -1.63. The van der Waals surface area contributed by atoms with Crippen LogP contribution >= 0.6 is 0 Å². The molecule has 0 fully saturated rings. The number of benzene rings is 1. The zero-order valence-electron chi connectivity index (χ0n) is 18.5. The van der Waals surface area contributed by atoms with E-state index in [0.29, 0.717) is 12.1 Å². The number of rotatable bonds is 6. The second-order valence-corrected chi connectivity index (χ2v) is 9.97. The average molecular weight is 439 g/mol. The van der Waals surface area contributed by atoms with Crippen molar-refractivity contribution in [2.24, 2.45) is 5.92 Å². The number of hydrogen-bond acceptors (Lipinski definition) is 6. The van der Waals surface area contributed by atoms with Crippen molar-refractivity contribution in [3.05, 3.63) is 23.8 Å². The van der Waals surface area contributed by atoms with Crippen LogP contribution in [0.1, 0.15) is 39.7 Å². The first-order chi connectivity index (χ1) is 14.1. The molecule has 8 heteroatoms. The Kier molecular flexibility index (Phi) is 8.71. The van der Waals surface area contributed by atoms with Gasteiger partial charge in [-0.15, -0.1) is 0 Å². The molecule has 2 rings (SSSR count). The summed E-state index contributed by atoms with van der Waals surface area (Å²) in [6.45, 7) is 8.91. The number of aliphatic hydroxyl groups excluding tert-OH is 2. The smallest absolute Gasteiger partial charge is 0.247 e. The third kappa shape index (κ3) is 5.96. The number of hydrogen-bond donors (Lipinski definition) is 2. The highest BCUT2D eigenvalue weighted by Crippen LogP contribution is 2.34. The molecule has 4 atom stereocenters. The molecule has 0 saturated carbocycles. The van der Waals surface area contributed by atoms with Crippen LogP contribution in [0, 0.1) is 17.8 Å². The minimum atomic E-state index is -3.86. The fourth-order valence-electron chi connectivity index (χ4n) is 3.49. The normalized spacial score (nSPS) is 23.3. The van der Waals surface area contributed by atoms with E-state index >= 15 is 0 Å². The minimum absolute atomic E-state index is 0.0699. The lowest BCUT2D eigenvalue weighted by molar-refractivity contribution is 0.0752. The third-order valence-corrected chi connectivity index (χ3v) is 7.21. The quantitative estimate of drug-likeness (QED) is 0.655. The Labute approximate surface area is 180 Å². The molecule has 1 aliphatic heterocycles. The molecule has 7 nitrogen and oxygen atoms in total. The van der Waals surface area contributed by atoms with Crippen LogP contribution in [0.2, 0.25) is 0 Å². The van der Waals surface area contributed by atoms with Crippen molar-refractivity contribution in [2.45, 2.75) is 57.3 Å². The molecular formula is C22H34N2O5S. The van der Waals surface area contributed by atoms with Crippen molar-refractivity contribution in [2.75, 3.05) is 33.3 Å². The molecule has 1 aromatic rings. The molecule has 2 N–H and O–H groups in total. The second kappa shape index (κ2) is 10.6. The SMILES string of the molecule is CCCN(C)C[C@H]1Oc2cc(C#C[C@H](C)O)ccc2S(=O)(=O)N([C@@H](C)CO)C[C@H]1C. The topological polar surface area (TPSA) is 90.3 Å². The zero-order chi connectivity index (χ0) is 22.5. The zero-order valence-corrected chi connectivity index (χ0v) is 19.3. The molecular weight excluding hydrogens is 404 g/mol. The summed E-state index contributed by atoms with van der Waals surface area (Å²) in [5.41, 5.74) is 0.570. The molecule has 30 heavy (non-hydrogen) atoms. The summed E-state index contributed by atoms with van der Waals surface area (Å²) in [5, 5.41) is 19.1. The van der Waals surface area contributed by atoms with E-state index in [-0.39, 0.29) is 35.8 Å². The molecule has 0 radical (unpaired) electrons. The van der Waals surface area contributed by atoms with E-state index in [1.165, 1.54) is 10.4 Å². The lowest BCUT2D eigenvalue weighted by Gasteiger charge is -2.37. The van der Waals surface area contributed by atoms with Crippen molar-refractivity contribution in [3.63, 3.8) is 0 Å². The van der Waals surface area contributed by atoms with Crippen LogP contribution in [0.5, 0.6) is 5.75 Å². The van der Waals surface area contributed by atoms with Crippen molar-refractivity contribution >= 4 is 10.0 Å². The van der Waals surface area contributed by atoms with Crippen LogP contribution < -0.4 is 4.74 Å². The van der Waals surface area contributed by atoms with Gasteiger partial charge in [-0.2, -0.15) is 4.31 Å². The van der Waals surface area contributed by atoms with E-state index in [1.807, 2.05) is 14.0 Å². The number of nitrogens with zero attached hydrogens (tertiary/aromatic N) is 2. The average Bonchev–Trinajstić information content (AvgIpc) is 2.68. The maximum absolute atomic E-state index is 13.4. The molecule has 0 saturated heterocycles. The number of likely N-dealkylation sites (N-methyl/N-ethyl adjacent to an activating group) is 1. The molecule has 1 heterocycles. The number of aliphatic hydroxyl groups is 2. The summed E-state index contributed by atoms with van der Waals surface area (Å²) in [7, 11) is -1.84. The van der Waals surface area contributed by atoms with Gasteiger partial charge in [-0.1, -0.05) is 25.7 Å². The standard InChI is InChI=1S/C22H34N2O5S/c1-6-11-23(5)14-21-16(2)13-24(17(3)15-25)30(27,28)22-10-9-19(8-7-18(4)26)12-20(22)29-21/h9-10,12,16-18,21,25-26H,6,11,13-15H2,1-5H3/t16-,17+,18+,21-/m1/s1. The molecule has 0 aliphatic carbocycles. The Morgan fingerprint density at radius 3 is 2.67 bits per heavy atom. The highest BCUT2D eigenvalue weighted by atomic mass is 32.2. The van der Waals surface area contributed by atoms with Crippen LogP contribution in [-0.4, -0.2) is 79.4 Å².